The molecule has 1 unspecified atom stereocenters. The van der Waals surface area contributed by atoms with Crippen molar-refractivity contribution in [1.29, 1.82) is 0 Å². The zero-order valence-electron chi connectivity index (χ0n) is 18.1. The molecule has 9 heteroatoms. The average molecular weight is 491 g/mol. The number of nitrogens with one attached hydrogen (secondary N) is 1. The highest BCUT2D eigenvalue weighted by molar-refractivity contribution is 7.99. The van der Waals surface area contributed by atoms with Crippen molar-refractivity contribution >= 4 is 46.6 Å². The normalized spacial score (nSPS) is 11.8. The highest BCUT2D eigenvalue weighted by atomic mass is 35.5. The fourth-order valence-corrected chi connectivity index (χ4v) is 4.50. The summed E-state index contributed by atoms with van der Waals surface area (Å²) in [5, 5.41) is 12.9. The predicted molar refractivity (Wildman–Crippen MR) is 131 cm³/mol. The third-order valence-corrected chi connectivity index (χ3v) is 5.81. The molecule has 2 aromatic carbocycles. The summed E-state index contributed by atoms with van der Waals surface area (Å²) >= 11 is 13.3. The van der Waals surface area contributed by atoms with Gasteiger partial charge in [-0.05, 0) is 62.2 Å². The van der Waals surface area contributed by atoms with Gasteiger partial charge in [-0.15, -0.1) is 16.8 Å². The summed E-state index contributed by atoms with van der Waals surface area (Å²) in [6.07, 6.45) is 1.43. The molecule has 0 fully saturated rings. The Bertz CT molecular complexity index is 1090. The lowest BCUT2D eigenvalue weighted by atomic mass is 10.1. The van der Waals surface area contributed by atoms with Crippen molar-refractivity contribution in [3.05, 3.63) is 76.0 Å². The Morgan fingerprint density at radius 1 is 1.16 bits per heavy atom. The summed E-state index contributed by atoms with van der Waals surface area (Å²) in [6.45, 7) is 10.3. The van der Waals surface area contributed by atoms with Crippen LogP contribution in [0.3, 0.4) is 0 Å². The van der Waals surface area contributed by atoms with Crippen LogP contribution in [-0.2, 0) is 11.3 Å². The summed E-state index contributed by atoms with van der Waals surface area (Å²) in [7, 11) is 0. The molecule has 1 amide bonds. The first-order valence-electron chi connectivity index (χ1n) is 9.93. The van der Waals surface area contributed by atoms with E-state index in [0.29, 0.717) is 33.3 Å². The van der Waals surface area contributed by atoms with Crippen LogP contribution in [0.15, 0.2) is 54.2 Å². The summed E-state index contributed by atoms with van der Waals surface area (Å²) in [4.78, 5) is 12.4. The lowest BCUT2D eigenvalue weighted by Crippen LogP contribution is -2.15. The summed E-state index contributed by atoms with van der Waals surface area (Å²) < 4.78 is 8.02. The number of halogens is 2. The van der Waals surface area contributed by atoms with E-state index < -0.39 is 0 Å². The van der Waals surface area contributed by atoms with Gasteiger partial charge in [0, 0.05) is 22.3 Å². The number of nitrogens with zero attached hydrogens (tertiary/aromatic N) is 3. The van der Waals surface area contributed by atoms with Crippen molar-refractivity contribution in [1.82, 2.24) is 14.8 Å². The monoisotopic (exact) mass is 490 g/mol. The largest absolute Gasteiger partial charge is 0.483 e. The van der Waals surface area contributed by atoms with E-state index in [-0.39, 0.29) is 17.8 Å². The molecule has 0 bridgehead atoms. The van der Waals surface area contributed by atoms with Crippen LogP contribution < -0.4 is 10.1 Å². The van der Waals surface area contributed by atoms with E-state index in [9.17, 15) is 4.79 Å². The van der Waals surface area contributed by atoms with Crippen LogP contribution in [0, 0.1) is 13.8 Å². The number of aryl methyl sites for hydroxylation is 2. The lowest BCUT2D eigenvalue weighted by molar-refractivity contribution is -0.113. The molecule has 0 saturated carbocycles. The number of hydrogen-bond donors (Lipinski definition) is 1. The molecule has 1 aromatic heterocycles. The molecule has 1 heterocycles. The fourth-order valence-electron chi connectivity index (χ4n) is 3.22. The number of hydrogen-bond acceptors (Lipinski definition) is 5. The van der Waals surface area contributed by atoms with Crippen LogP contribution in [0.2, 0.25) is 10.0 Å². The number of anilines is 1. The Labute approximate surface area is 202 Å². The molecule has 3 rings (SSSR count). The van der Waals surface area contributed by atoms with Gasteiger partial charge in [-0.25, -0.2) is 0 Å². The molecule has 6 nitrogen and oxygen atoms in total. The lowest BCUT2D eigenvalue weighted by Gasteiger charge is -2.16. The summed E-state index contributed by atoms with van der Waals surface area (Å²) in [5.74, 6) is 1.37. The maximum Gasteiger partial charge on any atom is 0.234 e. The third-order valence-electron chi connectivity index (χ3n) is 4.41. The van der Waals surface area contributed by atoms with Crippen molar-refractivity contribution in [3.63, 3.8) is 0 Å². The Balaban J connectivity index is 1.69. The van der Waals surface area contributed by atoms with Crippen molar-refractivity contribution < 1.29 is 9.53 Å². The Kier molecular flexibility index (Phi) is 8.23. The first-order chi connectivity index (χ1) is 15.2. The minimum atomic E-state index is -0.333. The molecule has 32 heavy (non-hydrogen) atoms. The van der Waals surface area contributed by atoms with Gasteiger partial charge in [-0.1, -0.05) is 47.1 Å². The smallest absolute Gasteiger partial charge is 0.234 e. The van der Waals surface area contributed by atoms with Gasteiger partial charge in [0.15, 0.2) is 17.1 Å². The molecule has 0 aliphatic rings. The Morgan fingerprint density at radius 2 is 1.81 bits per heavy atom. The zero-order chi connectivity index (χ0) is 23.3. The van der Waals surface area contributed by atoms with Gasteiger partial charge in [-0.3, -0.25) is 9.36 Å². The number of aromatic nitrogens is 3. The van der Waals surface area contributed by atoms with Gasteiger partial charge in [0.1, 0.15) is 5.75 Å². The molecule has 1 N–H and O–H groups in total. The first kappa shape index (κ1) is 24.2. The van der Waals surface area contributed by atoms with Crippen LogP contribution in [0.25, 0.3) is 0 Å². The van der Waals surface area contributed by atoms with Gasteiger partial charge < -0.3 is 10.1 Å². The number of carbonyl (C=O) groups excluding carboxylic acids is 1. The highest BCUT2D eigenvalue weighted by Crippen LogP contribution is 2.27. The number of carbonyl (C=O) groups is 1. The van der Waals surface area contributed by atoms with Crippen molar-refractivity contribution in [2.75, 3.05) is 11.1 Å². The third kappa shape index (κ3) is 6.51. The van der Waals surface area contributed by atoms with E-state index in [1.54, 1.807) is 24.3 Å². The van der Waals surface area contributed by atoms with Gasteiger partial charge in [0.05, 0.1) is 5.75 Å². The minimum Gasteiger partial charge on any atom is -0.483 e. The number of thioether (sulfide) groups is 1. The number of amides is 1. The predicted octanol–water partition coefficient (Wildman–Crippen LogP) is 6.26. The summed E-state index contributed by atoms with van der Waals surface area (Å²) in [5.41, 5.74) is 2.79. The maximum absolute atomic E-state index is 12.4. The van der Waals surface area contributed by atoms with Gasteiger partial charge in [0.2, 0.25) is 5.91 Å². The van der Waals surface area contributed by atoms with Crippen LogP contribution in [0.1, 0.15) is 30.0 Å². The van der Waals surface area contributed by atoms with Gasteiger partial charge in [-0.2, -0.15) is 0 Å². The van der Waals surface area contributed by atoms with Crippen LogP contribution in [0.5, 0.6) is 5.75 Å². The molecule has 0 radical (unpaired) electrons. The molecule has 0 spiro atoms. The number of benzene rings is 2. The van der Waals surface area contributed by atoms with E-state index in [0.717, 1.165) is 16.9 Å². The molecular weight excluding hydrogens is 467 g/mol. The van der Waals surface area contributed by atoms with Crippen molar-refractivity contribution in [3.8, 4) is 5.75 Å². The van der Waals surface area contributed by atoms with E-state index in [2.05, 4.69) is 28.2 Å². The Morgan fingerprint density at radius 3 is 2.44 bits per heavy atom. The zero-order valence-corrected chi connectivity index (χ0v) is 20.4. The standard InChI is InChI=1S/C23H24Cl2N4O2S/c1-5-6-29-22(16(4)31-20-8-14(2)7-15(3)9-20)27-28-23(29)32-13-21(30)26-19-11-17(24)10-18(25)12-19/h5,7-12,16H,1,6,13H2,2-4H3,(H,26,30). The SMILES string of the molecule is C=CCn1c(SCC(=O)Nc2cc(Cl)cc(Cl)c2)nnc1C(C)Oc1cc(C)cc(C)c1. The topological polar surface area (TPSA) is 69.0 Å². The second-order valence-electron chi connectivity index (χ2n) is 7.32. The number of rotatable bonds is 9. The molecular formula is C23H24Cl2N4O2S. The van der Waals surface area contributed by atoms with Crippen molar-refractivity contribution in [2.24, 2.45) is 0 Å². The molecule has 0 aliphatic heterocycles. The second-order valence-corrected chi connectivity index (χ2v) is 9.13. The minimum absolute atomic E-state index is 0.145. The molecule has 168 valence electrons. The average Bonchev–Trinajstić information content (AvgIpc) is 3.08. The number of ether oxygens (including phenoxy) is 1. The summed E-state index contributed by atoms with van der Waals surface area (Å²) in [6, 6.07) is 10.9. The van der Waals surface area contributed by atoms with Crippen molar-refractivity contribution in [2.45, 2.75) is 38.6 Å². The van der Waals surface area contributed by atoms with Crippen LogP contribution >= 0.6 is 35.0 Å². The fraction of sp³-hybridized carbons (Fsp3) is 0.261. The number of allylic oxidation sites excluding steroid dienone is 1. The van der Waals surface area contributed by atoms with E-state index in [1.165, 1.54) is 11.8 Å². The maximum atomic E-state index is 12.4. The van der Waals surface area contributed by atoms with Crippen LogP contribution in [0.4, 0.5) is 5.69 Å². The van der Waals surface area contributed by atoms with Gasteiger partial charge >= 0.3 is 0 Å². The molecule has 0 saturated heterocycles. The van der Waals surface area contributed by atoms with E-state index in [4.69, 9.17) is 27.9 Å². The highest BCUT2D eigenvalue weighted by Gasteiger charge is 2.20. The molecule has 3 aromatic rings. The van der Waals surface area contributed by atoms with E-state index >= 15 is 0 Å². The van der Waals surface area contributed by atoms with Crippen LogP contribution in [-0.4, -0.2) is 26.4 Å². The quantitative estimate of drug-likeness (QED) is 0.283. The molecule has 1 atom stereocenters. The van der Waals surface area contributed by atoms with E-state index in [1.807, 2.05) is 37.5 Å². The van der Waals surface area contributed by atoms with Gasteiger partial charge in [0.25, 0.3) is 0 Å². The second kappa shape index (κ2) is 10.9. The molecule has 0 aliphatic carbocycles. The first-order valence-corrected chi connectivity index (χ1v) is 11.7. The Hall–Kier alpha value is -2.48.